The van der Waals surface area contributed by atoms with Crippen LogP contribution in [-0.2, 0) is 21.7 Å². The van der Waals surface area contributed by atoms with Crippen molar-refractivity contribution in [2.24, 2.45) is 0 Å². The number of halogens is 1. The minimum atomic E-state index is -1.10. The number of benzene rings is 1. The summed E-state index contributed by atoms with van der Waals surface area (Å²) in [6.45, 7) is 7.33. The molecule has 0 radical (unpaired) electrons. The quantitative estimate of drug-likeness (QED) is 0.634. The molecule has 5 rings (SSSR count). The number of aryl methyl sites for hydroxylation is 1. The average Bonchev–Trinajstić information content (AvgIpc) is 3.44. The van der Waals surface area contributed by atoms with E-state index in [1.807, 2.05) is 31.3 Å². The molecule has 10 heteroatoms. The van der Waals surface area contributed by atoms with E-state index >= 15 is 0 Å². The van der Waals surface area contributed by atoms with E-state index < -0.39 is 17.8 Å². The number of fused-ring (bicyclic) bond motifs is 4. The number of nitrogens with zero attached hydrogens (tertiary/aromatic N) is 3. The molecule has 2 fully saturated rings. The molecule has 2 atom stereocenters. The fraction of sp³-hybridized carbons (Fsp3) is 0.480. The predicted octanol–water partition coefficient (Wildman–Crippen LogP) is 2.29. The van der Waals surface area contributed by atoms with Crippen LogP contribution in [0.25, 0.3) is 11.3 Å². The number of rotatable bonds is 5. The van der Waals surface area contributed by atoms with Crippen molar-refractivity contribution in [1.82, 2.24) is 25.3 Å². The Bertz CT molecular complexity index is 1140. The Hall–Kier alpha value is -3.40. The summed E-state index contributed by atoms with van der Waals surface area (Å²) in [6, 6.07) is 5.44. The maximum absolute atomic E-state index is 13.9. The number of hydrogen-bond donors (Lipinski definition) is 2. The van der Waals surface area contributed by atoms with Crippen LogP contribution < -0.4 is 15.4 Å². The highest BCUT2D eigenvalue weighted by atomic mass is 19.1. The number of aromatic nitrogens is 2. The fourth-order valence-corrected chi connectivity index (χ4v) is 5.04. The van der Waals surface area contributed by atoms with Crippen LogP contribution in [0.3, 0.4) is 0 Å². The third kappa shape index (κ3) is 4.50. The second-order valence-corrected chi connectivity index (χ2v) is 9.39. The summed E-state index contributed by atoms with van der Waals surface area (Å²) in [5.41, 5.74) is 2.93. The van der Waals surface area contributed by atoms with Gasteiger partial charge in [0, 0.05) is 56.3 Å². The van der Waals surface area contributed by atoms with Crippen molar-refractivity contribution in [1.29, 1.82) is 0 Å². The maximum atomic E-state index is 13.9. The molecule has 1 aromatic heterocycles. The first-order valence-corrected chi connectivity index (χ1v) is 11.9. The van der Waals surface area contributed by atoms with Gasteiger partial charge in [-0.1, -0.05) is 18.7 Å². The molecule has 1 aromatic carbocycles. The lowest BCUT2D eigenvalue weighted by Crippen LogP contribution is -2.49. The third-order valence-electron chi connectivity index (χ3n) is 6.90. The molecule has 0 aliphatic carbocycles. The van der Waals surface area contributed by atoms with Gasteiger partial charge in [-0.25, -0.2) is 9.18 Å². The molecule has 0 bridgehead atoms. The monoisotopic (exact) mass is 483 g/mol. The van der Waals surface area contributed by atoms with Gasteiger partial charge in [0.05, 0.1) is 6.04 Å². The molecule has 0 saturated carbocycles. The number of carbonyl (C=O) groups is 2. The summed E-state index contributed by atoms with van der Waals surface area (Å²) in [5.74, 6) is 0.451. The zero-order valence-electron chi connectivity index (χ0n) is 19.8. The van der Waals surface area contributed by atoms with Gasteiger partial charge in [0.15, 0.2) is 0 Å². The zero-order valence-corrected chi connectivity index (χ0v) is 19.8. The van der Waals surface area contributed by atoms with Crippen LogP contribution in [0.1, 0.15) is 24.0 Å². The van der Waals surface area contributed by atoms with Crippen molar-refractivity contribution >= 4 is 12.0 Å². The molecule has 3 aliphatic heterocycles. The Labute approximate surface area is 203 Å². The van der Waals surface area contributed by atoms with Crippen molar-refractivity contribution < 1.29 is 23.5 Å². The summed E-state index contributed by atoms with van der Waals surface area (Å²) in [7, 11) is 0. The number of carbonyl (C=O) groups excluding carboxylic acids is 2. The van der Waals surface area contributed by atoms with Crippen molar-refractivity contribution in [3.8, 4) is 17.0 Å². The fourth-order valence-electron chi connectivity index (χ4n) is 5.04. The smallest absolute Gasteiger partial charge is 0.410 e. The molecule has 2 N–H and O–H groups in total. The van der Waals surface area contributed by atoms with Crippen LogP contribution in [0.2, 0.25) is 0 Å². The van der Waals surface area contributed by atoms with E-state index in [0.717, 1.165) is 28.1 Å². The first-order valence-electron chi connectivity index (χ1n) is 11.9. The van der Waals surface area contributed by atoms with E-state index in [1.165, 1.54) is 0 Å². The lowest BCUT2D eigenvalue weighted by molar-refractivity contribution is -0.122. The van der Waals surface area contributed by atoms with Gasteiger partial charge < -0.3 is 25.0 Å². The number of likely N-dealkylation sites (tertiary alicyclic amines) is 1. The SMILES string of the molecule is C=CCOC(=O)N1CCC2(CC1)Oc1cc(C)ccc1-c1nn(CC(=O)N[C@H]3CNC[C@H]3F)cc12. The standard InChI is InChI=1S/C25H30FN5O4/c1-3-10-34-24(33)30-8-6-25(7-9-30)18-14-31(15-22(32)28-20-13-27-12-19(20)26)29-23(18)17-5-4-16(2)11-21(17)35-25/h3-5,11,14,19-20,27H,1,6-10,12-13,15H2,2H3,(H,28,32)/t19-,20+/m1/s1. The van der Waals surface area contributed by atoms with Crippen LogP contribution in [0.15, 0.2) is 37.1 Å². The zero-order chi connectivity index (χ0) is 24.6. The number of nitrogens with one attached hydrogen (secondary N) is 2. The molecule has 2 saturated heterocycles. The summed E-state index contributed by atoms with van der Waals surface area (Å²) >= 11 is 0. The minimum absolute atomic E-state index is 0.0203. The lowest BCUT2D eigenvalue weighted by atomic mass is 9.81. The largest absolute Gasteiger partial charge is 0.482 e. The normalized spacial score (nSPS) is 22.2. The number of piperidine rings is 1. The molecule has 1 spiro atoms. The highest BCUT2D eigenvalue weighted by Crippen LogP contribution is 2.49. The molecule has 0 unspecified atom stereocenters. The second-order valence-electron chi connectivity index (χ2n) is 9.39. The van der Waals surface area contributed by atoms with Crippen LogP contribution in [-0.4, -0.2) is 71.7 Å². The highest BCUT2D eigenvalue weighted by Gasteiger charge is 2.46. The summed E-state index contributed by atoms with van der Waals surface area (Å²) in [6.07, 6.45) is 3.05. The van der Waals surface area contributed by atoms with Gasteiger partial charge >= 0.3 is 6.09 Å². The number of ether oxygens (including phenoxy) is 2. The summed E-state index contributed by atoms with van der Waals surface area (Å²) in [5, 5.41) is 10.4. The van der Waals surface area contributed by atoms with E-state index in [2.05, 4.69) is 17.2 Å². The van der Waals surface area contributed by atoms with Crippen molar-refractivity contribution in [3.63, 3.8) is 0 Å². The van der Waals surface area contributed by atoms with Gasteiger partial charge in [-0.3, -0.25) is 9.48 Å². The number of amides is 2. The maximum Gasteiger partial charge on any atom is 0.410 e. The van der Waals surface area contributed by atoms with E-state index in [4.69, 9.17) is 14.6 Å². The molecule has 2 aromatic rings. The van der Waals surface area contributed by atoms with Crippen LogP contribution in [0.5, 0.6) is 5.75 Å². The van der Waals surface area contributed by atoms with Crippen molar-refractivity contribution in [3.05, 3.63) is 48.2 Å². The van der Waals surface area contributed by atoms with Crippen LogP contribution >= 0.6 is 0 Å². The molecular formula is C25H30FN5O4. The molecule has 35 heavy (non-hydrogen) atoms. The second kappa shape index (κ2) is 9.33. The van der Waals surface area contributed by atoms with Gasteiger partial charge in [-0.15, -0.1) is 0 Å². The molecule has 9 nitrogen and oxygen atoms in total. The summed E-state index contributed by atoms with van der Waals surface area (Å²) in [4.78, 5) is 26.6. The number of alkyl halides is 1. The average molecular weight is 484 g/mol. The minimum Gasteiger partial charge on any atom is -0.482 e. The van der Waals surface area contributed by atoms with Gasteiger partial charge in [-0.2, -0.15) is 5.10 Å². The van der Waals surface area contributed by atoms with Gasteiger partial charge in [-0.05, 0) is 24.6 Å². The molecule has 4 heterocycles. The predicted molar refractivity (Wildman–Crippen MR) is 127 cm³/mol. The lowest BCUT2D eigenvalue weighted by Gasteiger charge is -2.43. The number of hydrogen-bond acceptors (Lipinski definition) is 6. The Morgan fingerprint density at radius 2 is 2.17 bits per heavy atom. The van der Waals surface area contributed by atoms with Gasteiger partial charge in [0.1, 0.15) is 36.4 Å². The summed E-state index contributed by atoms with van der Waals surface area (Å²) < 4.78 is 27.3. The van der Waals surface area contributed by atoms with E-state index in [-0.39, 0.29) is 31.7 Å². The third-order valence-corrected chi connectivity index (χ3v) is 6.90. The van der Waals surface area contributed by atoms with E-state index in [1.54, 1.807) is 15.7 Å². The molecule has 2 amide bonds. The topological polar surface area (TPSA) is 97.7 Å². The Kier molecular flexibility index (Phi) is 6.22. The van der Waals surface area contributed by atoms with E-state index in [9.17, 15) is 14.0 Å². The Morgan fingerprint density at radius 3 is 2.89 bits per heavy atom. The highest BCUT2D eigenvalue weighted by molar-refractivity contribution is 5.77. The first-order chi connectivity index (χ1) is 16.9. The molecular weight excluding hydrogens is 453 g/mol. The van der Waals surface area contributed by atoms with E-state index in [0.29, 0.717) is 32.5 Å². The van der Waals surface area contributed by atoms with Gasteiger partial charge in [0.25, 0.3) is 0 Å². The van der Waals surface area contributed by atoms with Crippen LogP contribution in [0.4, 0.5) is 9.18 Å². The van der Waals surface area contributed by atoms with Gasteiger partial charge in [0.2, 0.25) is 5.91 Å². The molecule has 3 aliphatic rings. The van der Waals surface area contributed by atoms with Crippen molar-refractivity contribution in [2.45, 2.75) is 44.1 Å². The Morgan fingerprint density at radius 1 is 1.37 bits per heavy atom. The first kappa shape index (κ1) is 23.3. The molecule has 186 valence electrons. The van der Waals surface area contributed by atoms with Crippen molar-refractivity contribution in [2.75, 3.05) is 32.8 Å². The Balaban J connectivity index is 1.39. The van der Waals surface area contributed by atoms with Crippen LogP contribution in [0, 0.1) is 6.92 Å².